The maximum atomic E-state index is 13.4. The molecule has 0 unspecified atom stereocenters. The van der Waals surface area contributed by atoms with Crippen LogP contribution in [0.15, 0.2) is 23.0 Å². The summed E-state index contributed by atoms with van der Waals surface area (Å²) in [5.74, 6) is 0.366. The van der Waals surface area contributed by atoms with E-state index in [1.54, 1.807) is 13.2 Å². The molecule has 166 valence electrons. The van der Waals surface area contributed by atoms with Crippen LogP contribution in [0, 0.1) is 5.41 Å². The Labute approximate surface area is 180 Å². The van der Waals surface area contributed by atoms with Crippen LogP contribution in [0.3, 0.4) is 0 Å². The number of carbonyl (C=O) groups excluding carboxylic acids is 1. The Bertz CT molecular complexity index is 949. The van der Waals surface area contributed by atoms with Crippen molar-refractivity contribution < 1.29 is 9.53 Å². The van der Waals surface area contributed by atoms with Crippen LogP contribution in [0.4, 0.5) is 0 Å². The first-order valence-electron chi connectivity index (χ1n) is 10.7. The fourth-order valence-electron chi connectivity index (χ4n) is 3.36. The van der Waals surface area contributed by atoms with E-state index in [0.717, 1.165) is 18.2 Å². The fraction of sp³-hybridized carbons (Fsp3) is 0.625. The predicted octanol–water partition coefficient (Wildman–Crippen LogP) is 4.38. The summed E-state index contributed by atoms with van der Waals surface area (Å²) >= 11 is 0. The number of amides is 1. The van der Waals surface area contributed by atoms with Crippen molar-refractivity contribution in [1.29, 1.82) is 0 Å². The minimum atomic E-state index is -0.342. The zero-order valence-electron chi connectivity index (χ0n) is 19.8. The van der Waals surface area contributed by atoms with Gasteiger partial charge < -0.3 is 9.64 Å². The Balaban J connectivity index is 2.53. The summed E-state index contributed by atoms with van der Waals surface area (Å²) in [5.41, 5.74) is 0.776. The standard InChI is InChI=1S/C24H37N3O3/c1-9-13-26(14-12-23(2,3)4)20(28)16-27-21-17(10-11-19(25-21)30-8)15-18(22(27)29)24(5,6)7/h10-11,15H,9,12-14,16H2,1-8H3. The first-order chi connectivity index (χ1) is 13.9. The molecule has 2 rings (SSSR count). The third kappa shape index (κ3) is 5.83. The smallest absolute Gasteiger partial charge is 0.256 e. The maximum Gasteiger partial charge on any atom is 0.256 e. The van der Waals surface area contributed by atoms with Gasteiger partial charge in [0.15, 0.2) is 0 Å². The second-order valence-corrected chi connectivity index (χ2v) is 10.2. The number of hydrogen-bond donors (Lipinski definition) is 0. The van der Waals surface area contributed by atoms with Gasteiger partial charge in [0, 0.05) is 30.1 Å². The van der Waals surface area contributed by atoms with Crippen molar-refractivity contribution in [3.8, 4) is 5.88 Å². The van der Waals surface area contributed by atoms with Gasteiger partial charge in [-0.3, -0.25) is 14.2 Å². The molecule has 1 amide bonds. The van der Waals surface area contributed by atoms with Crippen molar-refractivity contribution in [3.63, 3.8) is 0 Å². The quantitative estimate of drug-likeness (QED) is 0.673. The van der Waals surface area contributed by atoms with Crippen LogP contribution < -0.4 is 10.3 Å². The normalized spacial score (nSPS) is 12.3. The number of hydrogen-bond acceptors (Lipinski definition) is 4. The number of aromatic nitrogens is 2. The Morgan fingerprint density at radius 3 is 2.33 bits per heavy atom. The number of ether oxygens (including phenoxy) is 1. The molecule has 0 atom stereocenters. The first kappa shape index (κ1) is 23.9. The number of pyridine rings is 2. The van der Waals surface area contributed by atoms with Crippen LogP contribution in [-0.2, 0) is 16.8 Å². The van der Waals surface area contributed by atoms with Crippen molar-refractivity contribution in [2.45, 2.75) is 73.3 Å². The molecule has 0 radical (unpaired) electrons. The minimum absolute atomic E-state index is 0.0242. The summed E-state index contributed by atoms with van der Waals surface area (Å²) in [4.78, 5) is 33.0. The van der Waals surface area contributed by atoms with Crippen LogP contribution in [0.25, 0.3) is 11.0 Å². The van der Waals surface area contributed by atoms with Gasteiger partial charge in [-0.25, -0.2) is 0 Å². The van der Waals surface area contributed by atoms with Crippen molar-refractivity contribution in [3.05, 3.63) is 34.1 Å². The minimum Gasteiger partial charge on any atom is -0.481 e. The summed E-state index contributed by atoms with van der Waals surface area (Å²) in [6.07, 6.45) is 1.78. The first-order valence-corrected chi connectivity index (χ1v) is 10.7. The molecule has 0 spiro atoms. The second-order valence-electron chi connectivity index (χ2n) is 10.2. The molecule has 0 aliphatic carbocycles. The second kappa shape index (κ2) is 9.19. The van der Waals surface area contributed by atoms with E-state index in [4.69, 9.17) is 4.74 Å². The molecule has 0 aliphatic rings. The van der Waals surface area contributed by atoms with E-state index in [1.165, 1.54) is 4.57 Å². The molecule has 0 saturated heterocycles. The fourth-order valence-corrected chi connectivity index (χ4v) is 3.36. The zero-order valence-corrected chi connectivity index (χ0v) is 19.8. The zero-order chi connectivity index (χ0) is 22.7. The SMILES string of the molecule is CCCN(CCC(C)(C)C)C(=O)Cn1c(=O)c(C(C)(C)C)cc2ccc(OC)nc21. The van der Waals surface area contributed by atoms with Gasteiger partial charge in [-0.05, 0) is 35.8 Å². The van der Waals surface area contributed by atoms with Crippen LogP contribution in [0.5, 0.6) is 5.88 Å². The molecular formula is C24H37N3O3. The maximum absolute atomic E-state index is 13.4. The summed E-state index contributed by atoms with van der Waals surface area (Å²) < 4.78 is 6.77. The molecule has 6 nitrogen and oxygen atoms in total. The van der Waals surface area contributed by atoms with Crippen molar-refractivity contribution in [2.75, 3.05) is 20.2 Å². The van der Waals surface area contributed by atoms with Gasteiger partial charge in [-0.1, -0.05) is 48.5 Å². The topological polar surface area (TPSA) is 64.4 Å². The van der Waals surface area contributed by atoms with Gasteiger partial charge in [0.25, 0.3) is 5.56 Å². The number of nitrogens with zero attached hydrogens (tertiary/aromatic N) is 3. The van der Waals surface area contributed by atoms with Crippen LogP contribution in [-0.4, -0.2) is 40.6 Å². The molecule has 2 aromatic rings. The highest BCUT2D eigenvalue weighted by Gasteiger charge is 2.24. The lowest BCUT2D eigenvalue weighted by molar-refractivity contribution is -0.132. The van der Waals surface area contributed by atoms with Gasteiger partial charge in [-0.15, -0.1) is 0 Å². The lowest BCUT2D eigenvalue weighted by Crippen LogP contribution is -2.40. The van der Waals surface area contributed by atoms with Crippen molar-refractivity contribution in [1.82, 2.24) is 14.5 Å². The lowest BCUT2D eigenvalue weighted by Gasteiger charge is -2.27. The Morgan fingerprint density at radius 1 is 1.13 bits per heavy atom. The molecule has 6 heteroatoms. The summed E-state index contributed by atoms with van der Waals surface area (Å²) in [6.45, 7) is 15.9. The Morgan fingerprint density at radius 2 is 1.80 bits per heavy atom. The highest BCUT2D eigenvalue weighted by atomic mass is 16.5. The van der Waals surface area contributed by atoms with E-state index < -0.39 is 0 Å². The third-order valence-electron chi connectivity index (χ3n) is 5.20. The molecule has 0 bridgehead atoms. The molecular weight excluding hydrogens is 378 g/mol. The summed E-state index contributed by atoms with van der Waals surface area (Å²) in [5, 5.41) is 0.824. The molecule has 2 aromatic heterocycles. The molecule has 30 heavy (non-hydrogen) atoms. The number of methoxy groups -OCH3 is 1. The van der Waals surface area contributed by atoms with Gasteiger partial charge in [0.05, 0.1) is 7.11 Å². The van der Waals surface area contributed by atoms with Gasteiger partial charge in [0.2, 0.25) is 11.8 Å². The van der Waals surface area contributed by atoms with Crippen molar-refractivity contribution >= 4 is 16.9 Å². The molecule has 0 N–H and O–H groups in total. The van der Waals surface area contributed by atoms with E-state index in [9.17, 15) is 9.59 Å². The number of carbonyl (C=O) groups is 1. The molecule has 2 heterocycles. The number of rotatable bonds is 7. The molecule has 0 saturated carbocycles. The third-order valence-corrected chi connectivity index (χ3v) is 5.20. The Kier molecular flexibility index (Phi) is 7.32. The Hall–Kier alpha value is -2.37. The van der Waals surface area contributed by atoms with E-state index >= 15 is 0 Å². The predicted molar refractivity (Wildman–Crippen MR) is 122 cm³/mol. The summed E-state index contributed by atoms with van der Waals surface area (Å²) in [7, 11) is 1.54. The molecule has 0 aliphatic heterocycles. The van der Waals surface area contributed by atoms with Gasteiger partial charge in [0.1, 0.15) is 12.2 Å². The lowest BCUT2D eigenvalue weighted by atomic mass is 9.87. The van der Waals surface area contributed by atoms with Gasteiger partial charge >= 0.3 is 0 Å². The molecule has 0 aromatic carbocycles. The van der Waals surface area contributed by atoms with Crippen LogP contribution in [0.2, 0.25) is 0 Å². The van der Waals surface area contributed by atoms with E-state index in [-0.39, 0.29) is 28.8 Å². The van der Waals surface area contributed by atoms with E-state index in [2.05, 4.69) is 32.7 Å². The number of fused-ring (bicyclic) bond motifs is 1. The summed E-state index contributed by atoms with van der Waals surface area (Å²) in [6, 6.07) is 5.55. The highest BCUT2D eigenvalue weighted by molar-refractivity contribution is 5.81. The highest BCUT2D eigenvalue weighted by Crippen LogP contribution is 2.24. The average molecular weight is 416 g/mol. The average Bonchev–Trinajstić information content (AvgIpc) is 2.64. The van der Waals surface area contributed by atoms with Crippen molar-refractivity contribution in [2.24, 2.45) is 5.41 Å². The van der Waals surface area contributed by atoms with E-state index in [0.29, 0.717) is 30.2 Å². The van der Waals surface area contributed by atoms with Crippen LogP contribution >= 0.6 is 0 Å². The molecule has 0 fully saturated rings. The van der Waals surface area contributed by atoms with Gasteiger partial charge in [-0.2, -0.15) is 4.98 Å². The monoisotopic (exact) mass is 415 g/mol. The largest absolute Gasteiger partial charge is 0.481 e. The van der Waals surface area contributed by atoms with E-state index in [1.807, 2.05) is 37.8 Å². The van der Waals surface area contributed by atoms with Crippen LogP contribution in [0.1, 0.15) is 66.9 Å².